The zero-order valence-electron chi connectivity index (χ0n) is 17.4. The molecule has 0 radical (unpaired) electrons. The van der Waals surface area contributed by atoms with Gasteiger partial charge in [0.2, 0.25) is 11.8 Å². The first kappa shape index (κ1) is 22.3. The van der Waals surface area contributed by atoms with Crippen LogP contribution in [0.1, 0.15) is 24.0 Å². The van der Waals surface area contributed by atoms with E-state index >= 15 is 0 Å². The van der Waals surface area contributed by atoms with Crippen LogP contribution in [0.2, 0.25) is 0 Å². The molecule has 9 nitrogen and oxygen atoms in total. The largest absolute Gasteiger partial charge is 0.350 e. The summed E-state index contributed by atoms with van der Waals surface area (Å²) in [6.07, 6.45) is 3.10. The molecule has 2 aromatic rings. The minimum absolute atomic E-state index is 0.200. The quantitative estimate of drug-likeness (QED) is 0.210. The number of anilines is 1. The molecule has 2 atom stereocenters. The van der Waals surface area contributed by atoms with Gasteiger partial charge in [-0.1, -0.05) is 48.5 Å². The Hall–Kier alpha value is -3.43. The van der Waals surface area contributed by atoms with E-state index in [0.717, 1.165) is 17.5 Å². The number of hydrazine groups is 1. The van der Waals surface area contributed by atoms with E-state index in [4.69, 9.17) is 17.4 Å². The van der Waals surface area contributed by atoms with E-state index in [-0.39, 0.29) is 18.4 Å². The SMILES string of the molecule is N/N=C\N(N)c1ccccc1CNC(=O)C1CCCN1C(=O)C(N)Cc1ccccc1. The van der Waals surface area contributed by atoms with Crippen LogP contribution in [-0.2, 0) is 22.6 Å². The van der Waals surface area contributed by atoms with Gasteiger partial charge in [0.15, 0.2) is 0 Å². The Morgan fingerprint density at radius 1 is 1.19 bits per heavy atom. The molecule has 9 heteroatoms. The van der Waals surface area contributed by atoms with Gasteiger partial charge in [0.05, 0.1) is 11.7 Å². The number of hydrazone groups is 1. The smallest absolute Gasteiger partial charge is 0.243 e. The highest BCUT2D eigenvalue weighted by molar-refractivity contribution is 5.90. The fraction of sp³-hybridized carbons (Fsp3) is 0.318. The number of hydrogen-bond acceptors (Lipinski definition) is 6. The number of amides is 2. The Balaban J connectivity index is 1.62. The summed E-state index contributed by atoms with van der Waals surface area (Å²) >= 11 is 0. The Labute approximate surface area is 181 Å². The highest BCUT2D eigenvalue weighted by atomic mass is 16.2. The molecule has 1 heterocycles. The number of rotatable bonds is 8. The molecule has 0 bridgehead atoms. The molecule has 1 fully saturated rings. The van der Waals surface area contributed by atoms with Crippen molar-refractivity contribution in [1.82, 2.24) is 10.2 Å². The first-order chi connectivity index (χ1) is 15.0. The van der Waals surface area contributed by atoms with Crippen molar-refractivity contribution in [3.63, 3.8) is 0 Å². The first-order valence-corrected chi connectivity index (χ1v) is 10.2. The lowest BCUT2D eigenvalue weighted by atomic mass is 10.1. The van der Waals surface area contributed by atoms with E-state index in [0.29, 0.717) is 25.1 Å². The highest BCUT2D eigenvalue weighted by Gasteiger charge is 2.36. The second-order valence-electron chi connectivity index (χ2n) is 7.50. The molecule has 1 aliphatic heterocycles. The second kappa shape index (κ2) is 10.6. The standard InChI is InChI=1S/C22H29N7O2/c23-18(13-16-7-2-1-3-8-16)22(31)28-12-6-11-20(28)21(30)26-14-17-9-4-5-10-19(17)29(25)15-27-24/h1-5,7-10,15,18,20H,6,11-14,23-25H2,(H,26,30)/b27-15-. The van der Waals surface area contributed by atoms with E-state index in [1.54, 1.807) is 11.0 Å². The third kappa shape index (κ3) is 5.59. The molecule has 2 aromatic carbocycles. The van der Waals surface area contributed by atoms with Crippen LogP contribution in [0.15, 0.2) is 59.7 Å². The maximum Gasteiger partial charge on any atom is 0.243 e. The second-order valence-corrected chi connectivity index (χ2v) is 7.50. The molecule has 0 saturated carbocycles. The zero-order valence-corrected chi connectivity index (χ0v) is 17.4. The Bertz CT molecular complexity index is 919. The van der Waals surface area contributed by atoms with Crippen molar-refractivity contribution in [2.75, 3.05) is 11.6 Å². The van der Waals surface area contributed by atoms with Crippen molar-refractivity contribution in [2.45, 2.75) is 37.9 Å². The zero-order chi connectivity index (χ0) is 22.2. The predicted molar refractivity (Wildman–Crippen MR) is 120 cm³/mol. The van der Waals surface area contributed by atoms with Crippen LogP contribution < -0.4 is 27.7 Å². The van der Waals surface area contributed by atoms with E-state index in [1.807, 2.05) is 48.5 Å². The molecule has 0 spiro atoms. The molecular formula is C22H29N7O2. The summed E-state index contributed by atoms with van der Waals surface area (Å²) in [5.41, 5.74) is 8.63. The molecule has 2 unspecified atom stereocenters. The summed E-state index contributed by atoms with van der Waals surface area (Å²) in [4.78, 5) is 27.4. The Morgan fingerprint density at radius 2 is 1.90 bits per heavy atom. The fourth-order valence-electron chi connectivity index (χ4n) is 3.82. The maximum atomic E-state index is 12.9. The summed E-state index contributed by atoms with van der Waals surface area (Å²) in [6, 6.07) is 15.8. The molecule has 0 aliphatic carbocycles. The number of carbonyl (C=O) groups is 2. The van der Waals surface area contributed by atoms with Crippen molar-refractivity contribution in [2.24, 2.45) is 22.5 Å². The lowest BCUT2D eigenvalue weighted by molar-refractivity contribution is -0.139. The van der Waals surface area contributed by atoms with Crippen LogP contribution in [0, 0.1) is 0 Å². The molecule has 7 N–H and O–H groups in total. The number of nitrogens with two attached hydrogens (primary N) is 3. The van der Waals surface area contributed by atoms with Crippen LogP contribution in [0.4, 0.5) is 5.69 Å². The number of nitrogens with one attached hydrogen (secondary N) is 1. The summed E-state index contributed by atoms with van der Waals surface area (Å²) in [6.45, 7) is 0.787. The van der Waals surface area contributed by atoms with Gasteiger partial charge in [-0.3, -0.25) is 14.6 Å². The van der Waals surface area contributed by atoms with Gasteiger partial charge in [0.1, 0.15) is 12.4 Å². The van der Waals surface area contributed by atoms with Crippen LogP contribution in [0.3, 0.4) is 0 Å². The molecule has 0 aromatic heterocycles. The van der Waals surface area contributed by atoms with Gasteiger partial charge >= 0.3 is 0 Å². The number of carbonyl (C=O) groups excluding carboxylic acids is 2. The van der Waals surface area contributed by atoms with Crippen molar-refractivity contribution in [3.8, 4) is 0 Å². The monoisotopic (exact) mass is 423 g/mol. The number of nitrogens with zero attached hydrogens (tertiary/aromatic N) is 3. The van der Waals surface area contributed by atoms with Gasteiger partial charge in [-0.25, -0.2) is 5.84 Å². The van der Waals surface area contributed by atoms with E-state index in [2.05, 4.69) is 10.4 Å². The van der Waals surface area contributed by atoms with Crippen molar-refractivity contribution in [3.05, 3.63) is 65.7 Å². The number of likely N-dealkylation sites (tertiary alicyclic amines) is 1. The summed E-state index contributed by atoms with van der Waals surface area (Å²) in [7, 11) is 0. The van der Waals surface area contributed by atoms with Crippen molar-refractivity contribution < 1.29 is 9.59 Å². The number of para-hydroxylation sites is 1. The van der Waals surface area contributed by atoms with Gasteiger partial charge in [0.25, 0.3) is 0 Å². The molecule has 2 amide bonds. The average Bonchev–Trinajstić information content (AvgIpc) is 3.28. The van der Waals surface area contributed by atoms with E-state index in [9.17, 15) is 9.59 Å². The van der Waals surface area contributed by atoms with Gasteiger partial charge < -0.3 is 21.8 Å². The van der Waals surface area contributed by atoms with Gasteiger partial charge in [-0.15, -0.1) is 0 Å². The first-order valence-electron chi connectivity index (χ1n) is 10.2. The van der Waals surface area contributed by atoms with Crippen molar-refractivity contribution in [1.29, 1.82) is 0 Å². The number of benzene rings is 2. The topological polar surface area (TPSA) is 143 Å². The molecule has 164 valence electrons. The summed E-state index contributed by atoms with van der Waals surface area (Å²) in [5.74, 6) is 10.7. The summed E-state index contributed by atoms with van der Waals surface area (Å²) in [5, 5.41) is 7.63. The maximum absolute atomic E-state index is 12.9. The molecule has 1 aliphatic rings. The van der Waals surface area contributed by atoms with Crippen LogP contribution in [-0.4, -0.2) is 41.7 Å². The average molecular weight is 424 g/mol. The van der Waals surface area contributed by atoms with E-state index in [1.165, 1.54) is 11.3 Å². The molecular weight excluding hydrogens is 394 g/mol. The normalized spacial score (nSPS) is 17.0. The lowest BCUT2D eigenvalue weighted by Gasteiger charge is -2.27. The molecule has 1 saturated heterocycles. The Morgan fingerprint density at radius 3 is 2.65 bits per heavy atom. The van der Waals surface area contributed by atoms with Gasteiger partial charge in [-0.05, 0) is 36.5 Å². The molecule has 31 heavy (non-hydrogen) atoms. The van der Waals surface area contributed by atoms with E-state index < -0.39 is 12.1 Å². The van der Waals surface area contributed by atoms with Crippen LogP contribution in [0.5, 0.6) is 0 Å². The van der Waals surface area contributed by atoms with Crippen molar-refractivity contribution >= 4 is 23.8 Å². The van der Waals surface area contributed by atoms with Crippen LogP contribution in [0.25, 0.3) is 0 Å². The minimum Gasteiger partial charge on any atom is -0.350 e. The fourth-order valence-corrected chi connectivity index (χ4v) is 3.82. The number of hydrogen-bond donors (Lipinski definition) is 4. The molecule has 3 rings (SSSR count). The predicted octanol–water partition coefficient (Wildman–Crippen LogP) is 0.446. The summed E-state index contributed by atoms with van der Waals surface area (Å²) < 4.78 is 0. The van der Waals surface area contributed by atoms with Gasteiger partial charge in [0, 0.05) is 13.1 Å². The lowest BCUT2D eigenvalue weighted by Crippen LogP contribution is -2.51. The third-order valence-corrected chi connectivity index (χ3v) is 5.37. The highest BCUT2D eigenvalue weighted by Crippen LogP contribution is 2.21. The van der Waals surface area contributed by atoms with Gasteiger partial charge in [-0.2, -0.15) is 5.10 Å². The van der Waals surface area contributed by atoms with Crippen LogP contribution >= 0.6 is 0 Å². The third-order valence-electron chi connectivity index (χ3n) is 5.37. The minimum atomic E-state index is -0.683. The Kier molecular flexibility index (Phi) is 7.58.